The van der Waals surface area contributed by atoms with Gasteiger partial charge in [-0.05, 0) is 12.5 Å². The molecule has 0 heterocycles. The quantitative estimate of drug-likeness (QED) is 0.816. The number of carbonyl (C=O) groups is 2. The predicted molar refractivity (Wildman–Crippen MR) is 67.9 cm³/mol. The van der Waals surface area contributed by atoms with E-state index in [9.17, 15) is 9.59 Å². The molecule has 0 aliphatic heterocycles. The number of aliphatic carboxylic acids is 1. The topological polar surface area (TPSA) is 83.6 Å². The molecule has 2 unspecified atom stereocenters. The highest BCUT2D eigenvalue weighted by atomic mass is 16.4. The van der Waals surface area contributed by atoms with E-state index < -0.39 is 18.1 Å². The third kappa shape index (κ3) is 3.56. The van der Waals surface area contributed by atoms with Crippen molar-refractivity contribution >= 4 is 11.9 Å². The number of carboxylic acids is 1. The van der Waals surface area contributed by atoms with Gasteiger partial charge in [-0.25, -0.2) is 4.79 Å². The fourth-order valence-corrected chi connectivity index (χ4v) is 1.53. The van der Waals surface area contributed by atoms with Crippen LogP contribution in [0.25, 0.3) is 0 Å². The standard InChI is InChI=1S/C13H18N2O3/c1-9(13(17)18)15(2)12(16)8-11(14)10-6-4-3-5-7-10/h3-7,9,11H,8,14H2,1-2H3,(H,17,18). The smallest absolute Gasteiger partial charge is 0.326 e. The minimum absolute atomic E-state index is 0.0954. The second-order valence-electron chi connectivity index (χ2n) is 4.24. The molecule has 2 atom stereocenters. The predicted octanol–water partition coefficient (Wildman–Crippen LogP) is 1.01. The zero-order chi connectivity index (χ0) is 13.7. The number of hydrogen-bond donors (Lipinski definition) is 2. The number of carboxylic acid groups (broad SMARTS) is 1. The maximum Gasteiger partial charge on any atom is 0.326 e. The van der Waals surface area contributed by atoms with E-state index in [0.717, 1.165) is 5.56 Å². The number of benzene rings is 1. The van der Waals surface area contributed by atoms with Crippen LogP contribution in [0.3, 0.4) is 0 Å². The molecule has 5 nitrogen and oxygen atoms in total. The van der Waals surface area contributed by atoms with Crippen LogP contribution in [0.4, 0.5) is 0 Å². The summed E-state index contributed by atoms with van der Waals surface area (Å²) < 4.78 is 0. The number of likely N-dealkylation sites (N-methyl/N-ethyl adjacent to an activating group) is 1. The van der Waals surface area contributed by atoms with E-state index in [1.165, 1.54) is 18.9 Å². The molecule has 1 amide bonds. The van der Waals surface area contributed by atoms with Crippen molar-refractivity contribution in [3.05, 3.63) is 35.9 Å². The summed E-state index contributed by atoms with van der Waals surface area (Å²) in [4.78, 5) is 23.8. The van der Waals surface area contributed by atoms with Gasteiger partial charge in [-0.3, -0.25) is 4.79 Å². The van der Waals surface area contributed by atoms with Crippen molar-refractivity contribution in [3.63, 3.8) is 0 Å². The molecule has 1 rings (SSSR count). The highest BCUT2D eigenvalue weighted by Crippen LogP contribution is 2.15. The Morgan fingerprint density at radius 2 is 1.89 bits per heavy atom. The van der Waals surface area contributed by atoms with Crippen molar-refractivity contribution in [2.24, 2.45) is 5.73 Å². The van der Waals surface area contributed by atoms with Gasteiger partial charge in [0.05, 0.1) is 0 Å². The minimum atomic E-state index is -1.03. The normalized spacial score (nSPS) is 13.7. The molecular formula is C13H18N2O3. The van der Waals surface area contributed by atoms with Crippen LogP contribution in [-0.2, 0) is 9.59 Å². The van der Waals surface area contributed by atoms with Gasteiger partial charge in [0.2, 0.25) is 5.91 Å². The summed E-state index contributed by atoms with van der Waals surface area (Å²) >= 11 is 0. The zero-order valence-corrected chi connectivity index (χ0v) is 10.5. The molecule has 0 aliphatic rings. The fourth-order valence-electron chi connectivity index (χ4n) is 1.53. The van der Waals surface area contributed by atoms with Crippen LogP contribution in [0.2, 0.25) is 0 Å². The van der Waals surface area contributed by atoms with Crippen molar-refractivity contribution in [1.82, 2.24) is 4.90 Å². The molecule has 0 radical (unpaired) electrons. The molecule has 98 valence electrons. The van der Waals surface area contributed by atoms with Crippen LogP contribution in [0.1, 0.15) is 24.9 Å². The third-order valence-electron chi connectivity index (χ3n) is 2.95. The summed E-state index contributed by atoms with van der Waals surface area (Å²) in [5.74, 6) is -1.31. The first-order valence-corrected chi connectivity index (χ1v) is 5.72. The maximum absolute atomic E-state index is 11.9. The van der Waals surface area contributed by atoms with Gasteiger partial charge < -0.3 is 15.7 Å². The number of hydrogen-bond acceptors (Lipinski definition) is 3. The number of amides is 1. The van der Waals surface area contributed by atoms with E-state index in [1.807, 2.05) is 30.3 Å². The van der Waals surface area contributed by atoms with Crippen LogP contribution in [-0.4, -0.2) is 35.0 Å². The number of carbonyl (C=O) groups excluding carboxylic acids is 1. The summed E-state index contributed by atoms with van der Waals surface area (Å²) in [6.07, 6.45) is 0.0954. The van der Waals surface area contributed by atoms with Crippen LogP contribution in [0, 0.1) is 0 Å². The zero-order valence-electron chi connectivity index (χ0n) is 10.5. The lowest BCUT2D eigenvalue weighted by molar-refractivity contribution is -0.148. The van der Waals surface area contributed by atoms with Crippen molar-refractivity contribution in [1.29, 1.82) is 0 Å². The lowest BCUT2D eigenvalue weighted by Crippen LogP contribution is -2.41. The Kier molecular flexibility index (Phi) is 4.85. The second kappa shape index (κ2) is 6.16. The van der Waals surface area contributed by atoms with E-state index in [-0.39, 0.29) is 12.3 Å². The van der Waals surface area contributed by atoms with Gasteiger partial charge in [-0.2, -0.15) is 0 Å². The van der Waals surface area contributed by atoms with E-state index >= 15 is 0 Å². The number of rotatable bonds is 5. The van der Waals surface area contributed by atoms with Crippen molar-refractivity contribution in [3.8, 4) is 0 Å². The van der Waals surface area contributed by atoms with E-state index in [4.69, 9.17) is 10.8 Å². The third-order valence-corrected chi connectivity index (χ3v) is 2.95. The molecular weight excluding hydrogens is 232 g/mol. The minimum Gasteiger partial charge on any atom is -0.480 e. The lowest BCUT2D eigenvalue weighted by Gasteiger charge is -2.23. The first kappa shape index (κ1) is 14.2. The molecule has 5 heteroatoms. The van der Waals surface area contributed by atoms with Crippen molar-refractivity contribution in [2.75, 3.05) is 7.05 Å². The fraction of sp³-hybridized carbons (Fsp3) is 0.385. The molecule has 1 aromatic rings. The summed E-state index contributed by atoms with van der Waals surface area (Å²) in [7, 11) is 1.47. The maximum atomic E-state index is 11.9. The Balaban J connectivity index is 2.62. The van der Waals surface area contributed by atoms with Gasteiger partial charge in [-0.1, -0.05) is 30.3 Å². The summed E-state index contributed by atoms with van der Waals surface area (Å²) in [5.41, 5.74) is 6.78. The molecule has 0 saturated heterocycles. The Hall–Kier alpha value is -1.88. The SMILES string of the molecule is CC(C(=O)O)N(C)C(=O)CC(N)c1ccccc1. The average Bonchev–Trinajstić information content (AvgIpc) is 2.37. The molecule has 18 heavy (non-hydrogen) atoms. The Labute approximate surface area is 106 Å². The van der Waals surface area contributed by atoms with Crippen molar-refractivity contribution in [2.45, 2.75) is 25.4 Å². The van der Waals surface area contributed by atoms with Gasteiger partial charge in [0.15, 0.2) is 0 Å². The van der Waals surface area contributed by atoms with Crippen LogP contribution in [0.15, 0.2) is 30.3 Å². The van der Waals surface area contributed by atoms with Gasteiger partial charge >= 0.3 is 5.97 Å². The first-order valence-electron chi connectivity index (χ1n) is 5.72. The highest BCUT2D eigenvalue weighted by Gasteiger charge is 2.23. The first-order chi connectivity index (χ1) is 8.43. The molecule has 0 bridgehead atoms. The number of nitrogens with zero attached hydrogens (tertiary/aromatic N) is 1. The Bertz CT molecular complexity index is 420. The molecule has 0 fully saturated rings. The molecule has 0 aromatic heterocycles. The van der Waals surface area contributed by atoms with Crippen molar-refractivity contribution < 1.29 is 14.7 Å². The van der Waals surface area contributed by atoms with Crippen LogP contribution in [0.5, 0.6) is 0 Å². The molecule has 0 aliphatic carbocycles. The average molecular weight is 250 g/mol. The van der Waals surface area contributed by atoms with Gasteiger partial charge in [0, 0.05) is 19.5 Å². The number of nitrogens with two attached hydrogens (primary N) is 1. The summed E-state index contributed by atoms with van der Waals surface area (Å²) in [5, 5.41) is 8.83. The Morgan fingerprint density at radius 3 is 2.39 bits per heavy atom. The summed E-state index contributed by atoms with van der Waals surface area (Å²) in [6.45, 7) is 1.47. The van der Waals surface area contributed by atoms with E-state index in [1.54, 1.807) is 0 Å². The molecule has 0 saturated carbocycles. The van der Waals surface area contributed by atoms with Gasteiger partial charge in [-0.15, -0.1) is 0 Å². The van der Waals surface area contributed by atoms with E-state index in [2.05, 4.69) is 0 Å². The highest BCUT2D eigenvalue weighted by molar-refractivity contribution is 5.83. The lowest BCUT2D eigenvalue weighted by atomic mass is 10.0. The second-order valence-corrected chi connectivity index (χ2v) is 4.24. The molecule has 1 aromatic carbocycles. The van der Waals surface area contributed by atoms with Crippen LogP contribution >= 0.6 is 0 Å². The monoisotopic (exact) mass is 250 g/mol. The van der Waals surface area contributed by atoms with Gasteiger partial charge in [0.25, 0.3) is 0 Å². The largest absolute Gasteiger partial charge is 0.480 e. The Morgan fingerprint density at radius 1 is 1.33 bits per heavy atom. The van der Waals surface area contributed by atoms with E-state index in [0.29, 0.717) is 0 Å². The molecule has 3 N–H and O–H groups in total. The molecule has 0 spiro atoms. The summed E-state index contributed by atoms with van der Waals surface area (Å²) in [6, 6.07) is 8.00. The van der Waals surface area contributed by atoms with Crippen LogP contribution < -0.4 is 5.73 Å². The van der Waals surface area contributed by atoms with Gasteiger partial charge in [0.1, 0.15) is 6.04 Å².